The Morgan fingerprint density at radius 3 is 3.20 bits per heavy atom. The first kappa shape index (κ1) is 8.23. The molecule has 1 N–H and O–H groups in total. The number of nitrogens with zero attached hydrogens (tertiary/aromatic N) is 1. The molecule has 0 saturated carbocycles. The van der Waals surface area contributed by atoms with Crippen molar-refractivity contribution in [1.82, 2.24) is 4.90 Å². The number of carbonyl (C=O) groups is 1. The van der Waals surface area contributed by atoms with Gasteiger partial charge in [0, 0.05) is 30.9 Å². The van der Waals surface area contributed by atoms with Crippen molar-refractivity contribution in [3.63, 3.8) is 0 Å². The van der Waals surface area contributed by atoms with Gasteiger partial charge in [0.2, 0.25) is 6.41 Å². The summed E-state index contributed by atoms with van der Waals surface area (Å²) in [6, 6.07) is 0. The highest BCUT2D eigenvalue weighted by molar-refractivity contribution is 8.14. The molecule has 1 amide bonds. The van der Waals surface area contributed by atoms with Crippen LogP contribution in [0.15, 0.2) is 0 Å². The van der Waals surface area contributed by atoms with E-state index in [9.17, 15) is 4.79 Å². The van der Waals surface area contributed by atoms with Crippen molar-refractivity contribution in [2.24, 2.45) is 0 Å². The molecule has 3 nitrogen and oxygen atoms in total. The van der Waals surface area contributed by atoms with Crippen LogP contribution in [-0.4, -0.2) is 39.3 Å². The Morgan fingerprint density at radius 2 is 2.60 bits per heavy atom. The standard InChI is InChI=1S/C5H9NO2S2/c7-4-6-1-2-9-5(3-6)10-8/h4-5,8H,1-3H2. The van der Waals surface area contributed by atoms with Crippen LogP contribution in [-0.2, 0) is 4.79 Å². The maximum atomic E-state index is 10.2. The predicted octanol–water partition coefficient (Wildman–Crippen LogP) is 0.724. The molecule has 0 aromatic rings. The average molecular weight is 179 g/mol. The van der Waals surface area contributed by atoms with Gasteiger partial charge in [0.15, 0.2) is 0 Å². The fourth-order valence-electron chi connectivity index (χ4n) is 0.796. The van der Waals surface area contributed by atoms with Crippen LogP contribution < -0.4 is 0 Å². The van der Waals surface area contributed by atoms with Crippen LogP contribution in [0, 0.1) is 0 Å². The topological polar surface area (TPSA) is 40.5 Å². The van der Waals surface area contributed by atoms with Gasteiger partial charge in [0.25, 0.3) is 0 Å². The number of carbonyl (C=O) groups excluding carboxylic acids is 1. The van der Waals surface area contributed by atoms with E-state index in [2.05, 4.69) is 0 Å². The van der Waals surface area contributed by atoms with Crippen LogP contribution in [0.2, 0.25) is 0 Å². The SMILES string of the molecule is O=CN1CCSC(SO)C1. The van der Waals surface area contributed by atoms with Crippen molar-refractivity contribution < 1.29 is 9.35 Å². The Labute approximate surface area is 68.4 Å². The molecule has 1 aliphatic heterocycles. The first-order valence-corrected chi connectivity index (χ1v) is 4.86. The molecule has 5 heteroatoms. The highest BCUT2D eigenvalue weighted by atomic mass is 32.2. The van der Waals surface area contributed by atoms with Crippen molar-refractivity contribution in [2.75, 3.05) is 18.8 Å². The van der Waals surface area contributed by atoms with Crippen molar-refractivity contribution in [2.45, 2.75) is 4.58 Å². The molecule has 0 spiro atoms. The normalized spacial score (nSPS) is 26.5. The fourth-order valence-corrected chi connectivity index (χ4v) is 2.49. The number of amides is 1. The molecule has 0 radical (unpaired) electrons. The van der Waals surface area contributed by atoms with E-state index in [0.717, 1.165) is 30.8 Å². The van der Waals surface area contributed by atoms with Crippen LogP contribution in [0.3, 0.4) is 0 Å². The summed E-state index contributed by atoms with van der Waals surface area (Å²) in [5.74, 6) is 0.928. The molecule has 0 aromatic heterocycles. The van der Waals surface area contributed by atoms with Gasteiger partial charge >= 0.3 is 0 Å². The van der Waals surface area contributed by atoms with E-state index in [1.54, 1.807) is 16.7 Å². The van der Waals surface area contributed by atoms with Crippen LogP contribution in [0.1, 0.15) is 0 Å². The lowest BCUT2D eigenvalue weighted by molar-refractivity contribution is -0.117. The summed E-state index contributed by atoms with van der Waals surface area (Å²) in [4.78, 5) is 11.9. The largest absolute Gasteiger partial charge is 0.342 e. The average Bonchev–Trinajstić information content (AvgIpc) is 2.05. The zero-order valence-electron chi connectivity index (χ0n) is 5.40. The Hall–Kier alpha value is 0.130. The van der Waals surface area contributed by atoms with Crippen LogP contribution in [0.5, 0.6) is 0 Å². The summed E-state index contributed by atoms with van der Waals surface area (Å²) in [6.07, 6.45) is 0.836. The summed E-state index contributed by atoms with van der Waals surface area (Å²) in [7, 11) is 0. The van der Waals surface area contributed by atoms with Crippen LogP contribution in [0.25, 0.3) is 0 Å². The third kappa shape index (κ3) is 2.07. The van der Waals surface area contributed by atoms with Crippen LogP contribution in [0.4, 0.5) is 0 Å². The second-order valence-corrected chi connectivity index (χ2v) is 4.39. The van der Waals surface area contributed by atoms with Gasteiger partial charge < -0.3 is 9.45 Å². The first-order valence-electron chi connectivity index (χ1n) is 2.98. The van der Waals surface area contributed by atoms with Crippen molar-refractivity contribution in [3.05, 3.63) is 0 Å². The monoisotopic (exact) mass is 179 g/mol. The molecular weight excluding hydrogens is 170 g/mol. The lowest BCUT2D eigenvalue weighted by atomic mass is 10.5. The van der Waals surface area contributed by atoms with Gasteiger partial charge in [-0.15, -0.1) is 11.8 Å². The summed E-state index contributed by atoms with van der Waals surface area (Å²) in [5, 5.41) is 0. The van der Waals surface area contributed by atoms with Gasteiger partial charge in [-0.25, -0.2) is 0 Å². The lowest BCUT2D eigenvalue weighted by Gasteiger charge is -2.27. The van der Waals surface area contributed by atoms with E-state index < -0.39 is 0 Å². The zero-order valence-corrected chi connectivity index (χ0v) is 7.03. The molecule has 1 atom stereocenters. The van der Waals surface area contributed by atoms with E-state index in [1.807, 2.05) is 0 Å². The van der Waals surface area contributed by atoms with Crippen LogP contribution >= 0.6 is 23.8 Å². The van der Waals surface area contributed by atoms with Crippen molar-refractivity contribution in [1.29, 1.82) is 0 Å². The Kier molecular flexibility index (Phi) is 3.37. The molecule has 10 heavy (non-hydrogen) atoms. The molecule has 1 saturated heterocycles. The molecular formula is C5H9NO2S2. The van der Waals surface area contributed by atoms with Gasteiger partial charge in [-0.3, -0.25) is 4.79 Å². The maximum Gasteiger partial charge on any atom is 0.209 e. The van der Waals surface area contributed by atoms with Gasteiger partial charge in [-0.05, 0) is 0 Å². The molecule has 1 heterocycles. The molecule has 1 rings (SSSR count). The van der Waals surface area contributed by atoms with Crippen molar-refractivity contribution in [3.8, 4) is 0 Å². The van der Waals surface area contributed by atoms with Crippen molar-refractivity contribution >= 4 is 30.2 Å². The fraction of sp³-hybridized carbons (Fsp3) is 0.800. The summed E-state index contributed by atoms with van der Waals surface area (Å²) in [6.45, 7) is 1.47. The Morgan fingerprint density at radius 1 is 1.80 bits per heavy atom. The molecule has 0 bridgehead atoms. The minimum absolute atomic E-state index is 0.152. The first-order chi connectivity index (χ1) is 4.86. The smallest absolute Gasteiger partial charge is 0.209 e. The molecule has 0 aliphatic carbocycles. The highest BCUT2D eigenvalue weighted by Crippen LogP contribution is 2.25. The van der Waals surface area contributed by atoms with Gasteiger partial charge in [0.1, 0.15) is 0 Å². The maximum absolute atomic E-state index is 10.2. The minimum Gasteiger partial charge on any atom is -0.342 e. The number of thioether (sulfide) groups is 1. The zero-order chi connectivity index (χ0) is 7.40. The third-order valence-electron chi connectivity index (χ3n) is 1.33. The van der Waals surface area contributed by atoms with E-state index in [0.29, 0.717) is 6.54 Å². The predicted molar refractivity (Wildman–Crippen MR) is 44.1 cm³/mol. The molecule has 1 unspecified atom stereocenters. The molecule has 0 aromatic carbocycles. The van der Waals surface area contributed by atoms with E-state index in [1.165, 1.54) is 0 Å². The number of rotatable bonds is 2. The molecule has 1 aliphatic rings. The van der Waals surface area contributed by atoms with Gasteiger partial charge in [-0.1, -0.05) is 0 Å². The minimum atomic E-state index is 0.152. The van der Waals surface area contributed by atoms with E-state index >= 15 is 0 Å². The highest BCUT2D eigenvalue weighted by Gasteiger charge is 2.18. The molecule has 1 fully saturated rings. The van der Waals surface area contributed by atoms with E-state index in [4.69, 9.17) is 4.55 Å². The summed E-state index contributed by atoms with van der Waals surface area (Å²) in [5.41, 5.74) is 0. The second kappa shape index (κ2) is 4.10. The summed E-state index contributed by atoms with van der Waals surface area (Å²) >= 11 is 2.52. The van der Waals surface area contributed by atoms with Gasteiger partial charge in [0.05, 0.1) is 4.58 Å². The van der Waals surface area contributed by atoms with E-state index in [-0.39, 0.29) is 4.58 Å². The van der Waals surface area contributed by atoms with Gasteiger partial charge in [-0.2, -0.15) is 0 Å². The second-order valence-electron chi connectivity index (χ2n) is 2.01. The Balaban J connectivity index is 2.31. The summed E-state index contributed by atoms with van der Waals surface area (Å²) < 4.78 is 8.81. The number of hydrogen-bond acceptors (Lipinski definition) is 4. The quantitative estimate of drug-likeness (QED) is 0.501. The molecule has 58 valence electrons. The number of hydrogen-bond donors (Lipinski definition) is 1. The Bertz CT molecular complexity index is 122. The lowest BCUT2D eigenvalue weighted by Crippen LogP contribution is -2.35. The third-order valence-corrected chi connectivity index (χ3v) is 3.32.